The second kappa shape index (κ2) is 10.2. The largest absolute Gasteiger partial charge is 0.319 e. The maximum atomic E-state index is 13.0. The van der Waals surface area contributed by atoms with Crippen molar-refractivity contribution in [3.05, 3.63) is 36.7 Å². The molecule has 0 radical (unpaired) electrons. The third-order valence-corrected chi connectivity index (χ3v) is 8.73. The molecule has 0 bridgehead atoms. The van der Waals surface area contributed by atoms with Gasteiger partial charge in [0.1, 0.15) is 0 Å². The van der Waals surface area contributed by atoms with Gasteiger partial charge in [-0.25, -0.2) is 13.4 Å². The Morgan fingerprint density at radius 2 is 1.94 bits per heavy atom. The molecule has 1 aliphatic rings. The second-order valence-corrected chi connectivity index (χ2v) is 10.9. The highest BCUT2D eigenvalue weighted by atomic mass is 32.2. The summed E-state index contributed by atoms with van der Waals surface area (Å²) in [6.45, 7) is 5.11. The first-order valence-corrected chi connectivity index (χ1v) is 13.6. The minimum atomic E-state index is -3.44. The summed E-state index contributed by atoms with van der Waals surface area (Å²) in [5.74, 6) is 1.00. The third kappa shape index (κ3) is 5.15. The molecule has 0 unspecified atom stereocenters. The van der Waals surface area contributed by atoms with Crippen molar-refractivity contribution >= 4 is 32.8 Å². The maximum absolute atomic E-state index is 13.0. The predicted octanol–water partition coefficient (Wildman–Crippen LogP) is 4.39. The molecule has 1 aromatic carbocycles. The van der Waals surface area contributed by atoms with Crippen molar-refractivity contribution in [2.45, 2.75) is 68.6 Å². The summed E-state index contributed by atoms with van der Waals surface area (Å²) in [6, 6.07) is 7.36. The molecule has 3 heterocycles. The number of hydrogen-bond acceptors (Lipinski definition) is 5. The van der Waals surface area contributed by atoms with Crippen molar-refractivity contribution in [3.63, 3.8) is 0 Å². The zero-order valence-electron chi connectivity index (χ0n) is 18.1. The van der Waals surface area contributed by atoms with E-state index < -0.39 is 10.0 Å². The van der Waals surface area contributed by atoms with Crippen molar-refractivity contribution in [1.29, 1.82) is 0 Å². The molecule has 0 spiro atoms. The van der Waals surface area contributed by atoms with Crippen LogP contribution in [0.2, 0.25) is 0 Å². The van der Waals surface area contributed by atoms with Crippen LogP contribution in [0.15, 0.2) is 46.7 Å². The highest BCUT2D eigenvalue weighted by Crippen LogP contribution is 2.28. The van der Waals surface area contributed by atoms with Gasteiger partial charge < -0.3 is 4.57 Å². The number of aryl methyl sites for hydroxylation is 2. The second-order valence-electron chi connectivity index (χ2n) is 7.93. The minimum Gasteiger partial charge on any atom is -0.319 e. The van der Waals surface area contributed by atoms with Crippen LogP contribution >= 0.6 is 11.8 Å². The monoisotopic (exact) mass is 461 g/mol. The van der Waals surface area contributed by atoms with E-state index in [2.05, 4.69) is 16.6 Å². The van der Waals surface area contributed by atoms with Crippen molar-refractivity contribution in [3.8, 4) is 0 Å². The van der Waals surface area contributed by atoms with E-state index in [9.17, 15) is 8.42 Å². The van der Waals surface area contributed by atoms with Gasteiger partial charge in [0.2, 0.25) is 10.0 Å². The molecule has 0 saturated carbocycles. The van der Waals surface area contributed by atoms with Crippen LogP contribution < -0.4 is 0 Å². The molecule has 1 saturated heterocycles. The first-order valence-electron chi connectivity index (χ1n) is 11.2. The Kier molecular flexibility index (Phi) is 7.35. The number of imidazole rings is 1. The van der Waals surface area contributed by atoms with Crippen molar-refractivity contribution in [2.24, 2.45) is 0 Å². The Morgan fingerprint density at radius 3 is 2.68 bits per heavy atom. The summed E-state index contributed by atoms with van der Waals surface area (Å²) in [5, 5.41) is 5.20. The quantitative estimate of drug-likeness (QED) is 0.331. The maximum Gasteiger partial charge on any atom is 0.243 e. The molecule has 0 aliphatic carbocycles. The number of thioether (sulfide) groups is 1. The molecule has 0 atom stereocenters. The molecular formula is C22H31N5O2S2. The van der Waals surface area contributed by atoms with Gasteiger partial charge in [0.05, 0.1) is 15.9 Å². The Bertz CT molecular complexity index is 1090. The molecule has 0 N–H and O–H groups in total. The van der Waals surface area contributed by atoms with Gasteiger partial charge in [0.25, 0.3) is 0 Å². The molecular weight excluding hydrogens is 430 g/mol. The molecule has 1 fully saturated rings. The normalized spacial score (nSPS) is 15.6. The lowest BCUT2D eigenvalue weighted by atomic mass is 10.2. The number of rotatable bonds is 10. The summed E-state index contributed by atoms with van der Waals surface area (Å²) >= 11 is 1.76. The van der Waals surface area contributed by atoms with E-state index in [1.807, 2.05) is 29.2 Å². The number of unbranched alkanes of at least 4 members (excludes halogenated alkanes) is 2. The van der Waals surface area contributed by atoms with Crippen LogP contribution in [-0.4, -0.2) is 50.9 Å². The topological polar surface area (TPSA) is 73.0 Å². The van der Waals surface area contributed by atoms with Crippen LogP contribution in [0.3, 0.4) is 0 Å². The van der Waals surface area contributed by atoms with E-state index in [4.69, 9.17) is 4.98 Å². The Hall–Kier alpha value is -1.84. The zero-order valence-corrected chi connectivity index (χ0v) is 19.7. The molecule has 31 heavy (non-hydrogen) atoms. The standard InChI is InChI=1S/C22H31N5O2S2/c1-2-27-21-11-10-19(31(28,29)26-15-6-3-7-16-26)18-20(21)24-22(27)30-17-8-4-5-13-25-14-9-12-23-25/h9-12,14,18H,2-8,13,15-17H2,1H3. The van der Waals surface area contributed by atoms with Crippen LogP contribution in [-0.2, 0) is 23.1 Å². The molecule has 7 nitrogen and oxygen atoms in total. The fraction of sp³-hybridized carbons (Fsp3) is 0.545. The van der Waals surface area contributed by atoms with Gasteiger partial charge >= 0.3 is 0 Å². The van der Waals surface area contributed by atoms with Crippen molar-refractivity contribution < 1.29 is 8.42 Å². The van der Waals surface area contributed by atoms with Crippen molar-refractivity contribution in [1.82, 2.24) is 23.6 Å². The number of hydrogen-bond donors (Lipinski definition) is 0. The van der Waals surface area contributed by atoms with Gasteiger partial charge in [-0.05, 0) is 56.9 Å². The van der Waals surface area contributed by atoms with Crippen LogP contribution in [0.1, 0.15) is 45.4 Å². The van der Waals surface area contributed by atoms with Crippen LogP contribution in [0.25, 0.3) is 11.0 Å². The van der Waals surface area contributed by atoms with Gasteiger partial charge in [-0.1, -0.05) is 24.6 Å². The van der Waals surface area contributed by atoms with E-state index in [1.54, 1.807) is 28.2 Å². The SMILES string of the molecule is CCn1c(SCCCCCn2cccn2)nc2cc(S(=O)(=O)N3CCCCC3)ccc21. The lowest BCUT2D eigenvalue weighted by molar-refractivity contribution is 0.346. The fourth-order valence-electron chi connectivity index (χ4n) is 4.07. The molecule has 1 aliphatic heterocycles. The molecule has 0 amide bonds. The summed E-state index contributed by atoms with van der Waals surface area (Å²) in [6.07, 6.45) is 10.2. The lowest BCUT2D eigenvalue weighted by Crippen LogP contribution is -2.35. The van der Waals surface area contributed by atoms with Crippen LogP contribution in [0, 0.1) is 0 Å². The number of aromatic nitrogens is 4. The smallest absolute Gasteiger partial charge is 0.243 e. The zero-order chi connectivity index (χ0) is 21.7. The number of fused-ring (bicyclic) bond motifs is 1. The molecule has 3 aromatic rings. The average molecular weight is 462 g/mol. The predicted molar refractivity (Wildman–Crippen MR) is 125 cm³/mol. The summed E-state index contributed by atoms with van der Waals surface area (Å²) < 4.78 is 31.8. The Morgan fingerprint density at radius 1 is 1.10 bits per heavy atom. The van der Waals surface area contributed by atoms with E-state index in [0.717, 1.165) is 73.6 Å². The van der Waals surface area contributed by atoms with Crippen LogP contribution in [0.5, 0.6) is 0 Å². The number of benzene rings is 1. The number of piperidine rings is 1. The molecule has 9 heteroatoms. The molecule has 4 rings (SSSR count). The summed E-state index contributed by atoms with van der Waals surface area (Å²) in [7, 11) is -3.44. The first kappa shape index (κ1) is 22.4. The van der Waals surface area contributed by atoms with E-state index in [0.29, 0.717) is 18.0 Å². The Balaban J connectivity index is 1.40. The lowest BCUT2D eigenvalue weighted by Gasteiger charge is -2.25. The van der Waals surface area contributed by atoms with E-state index >= 15 is 0 Å². The van der Waals surface area contributed by atoms with E-state index in [1.165, 1.54) is 0 Å². The minimum absolute atomic E-state index is 0.359. The van der Waals surface area contributed by atoms with Gasteiger partial charge in [0.15, 0.2) is 5.16 Å². The number of nitrogens with zero attached hydrogens (tertiary/aromatic N) is 5. The molecule has 168 valence electrons. The van der Waals surface area contributed by atoms with Gasteiger partial charge in [-0.15, -0.1) is 0 Å². The summed E-state index contributed by atoms with van der Waals surface area (Å²) in [4.78, 5) is 5.15. The van der Waals surface area contributed by atoms with Crippen LogP contribution in [0.4, 0.5) is 0 Å². The highest BCUT2D eigenvalue weighted by Gasteiger charge is 2.26. The average Bonchev–Trinajstić information content (AvgIpc) is 3.43. The van der Waals surface area contributed by atoms with E-state index in [-0.39, 0.29) is 0 Å². The first-order chi connectivity index (χ1) is 15.1. The fourth-order valence-corrected chi connectivity index (χ4v) is 6.68. The molecule has 2 aromatic heterocycles. The number of sulfonamides is 1. The third-order valence-electron chi connectivity index (χ3n) is 5.78. The van der Waals surface area contributed by atoms with Crippen molar-refractivity contribution in [2.75, 3.05) is 18.8 Å². The van der Waals surface area contributed by atoms with Gasteiger partial charge in [-0.3, -0.25) is 4.68 Å². The Labute approximate surface area is 188 Å². The van der Waals surface area contributed by atoms with Gasteiger partial charge in [-0.2, -0.15) is 9.40 Å². The van der Waals surface area contributed by atoms with Gasteiger partial charge in [0, 0.05) is 44.3 Å². The highest BCUT2D eigenvalue weighted by molar-refractivity contribution is 7.99. The summed E-state index contributed by atoms with van der Waals surface area (Å²) in [5.41, 5.74) is 1.77.